The Morgan fingerprint density at radius 3 is 1.25 bits per heavy atom. The smallest absolute Gasteiger partial charge is 0 e. The standard InChI is InChI=1S/2H2O.2Zn/h2*1H2;;/q;;;+2/p-2. The minimum absolute atomic E-state index is 0. The van der Waals surface area contributed by atoms with Gasteiger partial charge in [-0.25, -0.2) is 0 Å². The summed E-state index contributed by atoms with van der Waals surface area (Å²) >= 11 is -1.88. The molecular weight excluding hydrogens is 163 g/mol. The zero-order chi connectivity index (χ0) is 2.71. The van der Waals surface area contributed by atoms with Gasteiger partial charge in [-0.15, -0.1) is 0 Å². The first kappa shape index (κ1) is 8.95. The van der Waals surface area contributed by atoms with Crippen molar-refractivity contribution in [3.05, 3.63) is 0 Å². The molecule has 0 bridgehead atoms. The normalized spacial score (nSPS) is 2.50. The quantitative estimate of drug-likeness (QED) is 0.446. The molecule has 0 atom stereocenters. The van der Waals surface area contributed by atoms with E-state index < -0.39 is 17.8 Å². The molecule has 0 saturated heterocycles. The maximum absolute atomic E-state index is 7.31. The van der Waals surface area contributed by atoms with Crippen LogP contribution in [0.2, 0.25) is 0 Å². The van der Waals surface area contributed by atoms with Crippen LogP contribution in [0.5, 0.6) is 0 Å². The maximum Gasteiger partial charge on any atom is 0 e. The number of rotatable bonds is 0. The van der Waals surface area contributed by atoms with E-state index in [0.29, 0.717) is 0 Å². The Morgan fingerprint density at radius 1 is 1.25 bits per heavy atom. The predicted molar refractivity (Wildman–Crippen MR) is 4.44 cm³/mol. The molecule has 4 heteroatoms. The molecule has 0 radical (unpaired) electrons. The van der Waals surface area contributed by atoms with Crippen molar-refractivity contribution < 1.29 is 45.2 Å². The number of hydrogen-bond donors (Lipinski definition) is 2. The van der Waals surface area contributed by atoms with E-state index in [1.165, 1.54) is 0 Å². The summed E-state index contributed by atoms with van der Waals surface area (Å²) in [7, 11) is 0. The van der Waals surface area contributed by atoms with Crippen LogP contribution in [-0.4, -0.2) is 7.87 Å². The Kier molecular flexibility index (Phi) is 19.9. The molecule has 0 saturated carbocycles. The van der Waals surface area contributed by atoms with Gasteiger partial charge in [0.1, 0.15) is 0 Å². The Bertz CT molecular complexity index is 4.00. The van der Waals surface area contributed by atoms with Crippen LogP contribution >= 0.6 is 0 Å². The van der Waals surface area contributed by atoms with Crippen LogP contribution in [0.4, 0.5) is 0 Å². The second-order valence-electron chi connectivity index (χ2n) is 0.141. The van der Waals surface area contributed by atoms with Crippen LogP contribution in [0.1, 0.15) is 0 Å². The largest absolute Gasteiger partial charge is 0 e. The summed E-state index contributed by atoms with van der Waals surface area (Å²) in [4.78, 5) is 0. The van der Waals surface area contributed by atoms with Gasteiger partial charge < -0.3 is 0 Å². The predicted octanol–water partition coefficient (Wildman–Crippen LogP) is -1.12. The first-order valence-electron chi connectivity index (χ1n) is 0.632. The molecule has 0 fully saturated rings. The van der Waals surface area contributed by atoms with E-state index in [9.17, 15) is 0 Å². The molecule has 0 rings (SSSR count). The molecule has 0 unspecified atom stereocenters. The Labute approximate surface area is 45.4 Å². The second kappa shape index (κ2) is 8.90. The van der Waals surface area contributed by atoms with Gasteiger partial charge in [0.2, 0.25) is 0 Å². The van der Waals surface area contributed by atoms with Crippen LogP contribution in [0.15, 0.2) is 0 Å². The Morgan fingerprint density at radius 2 is 1.25 bits per heavy atom. The molecule has 2 N–H and O–H groups in total. The third-order valence-corrected chi connectivity index (χ3v) is 0. The first-order valence-corrected chi connectivity index (χ1v) is 3.29. The van der Waals surface area contributed by atoms with Crippen molar-refractivity contribution in [1.29, 1.82) is 0 Å². The Balaban J connectivity index is 0. The van der Waals surface area contributed by atoms with Crippen molar-refractivity contribution in [1.82, 2.24) is 0 Å². The first-order chi connectivity index (χ1) is 1.41. The summed E-state index contributed by atoms with van der Waals surface area (Å²) in [6, 6.07) is 0. The maximum atomic E-state index is 7.31. The molecule has 4 heavy (non-hydrogen) atoms. The van der Waals surface area contributed by atoms with Gasteiger partial charge in [0, 0.05) is 19.5 Å². The molecule has 0 amide bonds. The molecule has 0 aliphatic carbocycles. The fourth-order valence-corrected chi connectivity index (χ4v) is 0. The minimum atomic E-state index is -1.88. The number of hydrogen-bond acceptors (Lipinski definition) is 2. The topological polar surface area (TPSA) is 40.5 Å². The van der Waals surface area contributed by atoms with Crippen molar-refractivity contribution in [2.75, 3.05) is 0 Å². The van der Waals surface area contributed by atoms with Crippen LogP contribution in [-0.2, 0) is 37.3 Å². The third kappa shape index (κ3) is 10.9. The van der Waals surface area contributed by atoms with Gasteiger partial charge >= 0.3 is 25.7 Å². The van der Waals surface area contributed by atoms with Crippen molar-refractivity contribution in [2.24, 2.45) is 0 Å². The van der Waals surface area contributed by atoms with E-state index in [-0.39, 0.29) is 19.5 Å². The summed E-state index contributed by atoms with van der Waals surface area (Å²) in [5.74, 6) is 0. The molecule has 0 aliphatic rings. The molecule has 0 aromatic carbocycles. The summed E-state index contributed by atoms with van der Waals surface area (Å²) in [5, 5.41) is 0. The molecule has 0 heterocycles. The summed E-state index contributed by atoms with van der Waals surface area (Å²) in [6.45, 7) is 0. The zero-order valence-corrected chi connectivity index (χ0v) is 8.24. The summed E-state index contributed by atoms with van der Waals surface area (Å²) in [6.07, 6.45) is 0. The van der Waals surface area contributed by atoms with Crippen LogP contribution in [0.3, 0.4) is 0 Å². The molecular formula is H2O2Zn2. The van der Waals surface area contributed by atoms with E-state index >= 15 is 0 Å². The van der Waals surface area contributed by atoms with Crippen molar-refractivity contribution in [3.63, 3.8) is 0 Å². The fraction of sp³-hybridized carbons (Fsp3) is 0. The van der Waals surface area contributed by atoms with Gasteiger partial charge in [-0.1, -0.05) is 0 Å². The van der Waals surface area contributed by atoms with Crippen LogP contribution < -0.4 is 0 Å². The van der Waals surface area contributed by atoms with Gasteiger partial charge in [-0.3, -0.25) is 0 Å². The molecule has 0 aliphatic heterocycles. The van der Waals surface area contributed by atoms with E-state index in [4.69, 9.17) is 7.87 Å². The van der Waals surface area contributed by atoms with Gasteiger partial charge in [0.15, 0.2) is 0 Å². The van der Waals surface area contributed by atoms with Gasteiger partial charge in [-0.2, -0.15) is 0 Å². The summed E-state index contributed by atoms with van der Waals surface area (Å²) < 4.78 is 14.6. The molecule has 0 aromatic rings. The van der Waals surface area contributed by atoms with Crippen LogP contribution in [0.25, 0.3) is 0 Å². The molecule has 0 aromatic heterocycles. The molecule has 18 valence electrons. The van der Waals surface area contributed by atoms with E-state index in [1.807, 2.05) is 0 Å². The van der Waals surface area contributed by atoms with E-state index in [2.05, 4.69) is 0 Å². The fourth-order valence-electron chi connectivity index (χ4n) is 0. The van der Waals surface area contributed by atoms with E-state index in [1.54, 1.807) is 0 Å². The minimum Gasteiger partial charge on any atom is 0 e. The molecule has 2 nitrogen and oxygen atoms in total. The van der Waals surface area contributed by atoms with Crippen molar-refractivity contribution in [2.45, 2.75) is 0 Å². The molecule has 0 spiro atoms. The third-order valence-electron chi connectivity index (χ3n) is 0. The van der Waals surface area contributed by atoms with Gasteiger partial charge in [0.25, 0.3) is 0 Å². The Hall–Kier alpha value is 1.17. The van der Waals surface area contributed by atoms with E-state index in [0.717, 1.165) is 0 Å². The van der Waals surface area contributed by atoms with Gasteiger partial charge in [0.05, 0.1) is 0 Å². The average Bonchev–Trinajstić information content (AvgIpc) is 0.918. The second-order valence-corrected chi connectivity index (χ2v) is 0.735. The SMILES string of the molecule is [OH][Zn][OH].[Zn]. The zero-order valence-electron chi connectivity index (χ0n) is 2.31. The van der Waals surface area contributed by atoms with Crippen LogP contribution in [0, 0.1) is 0 Å². The summed E-state index contributed by atoms with van der Waals surface area (Å²) in [5.41, 5.74) is 0. The van der Waals surface area contributed by atoms with Crippen molar-refractivity contribution >= 4 is 0 Å². The van der Waals surface area contributed by atoms with Gasteiger partial charge in [-0.05, 0) is 0 Å². The van der Waals surface area contributed by atoms with Crippen molar-refractivity contribution in [3.8, 4) is 0 Å². The average molecular weight is 165 g/mol. The monoisotopic (exact) mass is 162 g/mol.